The summed E-state index contributed by atoms with van der Waals surface area (Å²) in [5.74, 6) is 3.62. The average Bonchev–Trinajstić information content (AvgIpc) is 2.89. The minimum absolute atomic E-state index is 0.406. The third-order valence-corrected chi connectivity index (χ3v) is 4.87. The Balaban J connectivity index is 1.54. The van der Waals surface area contributed by atoms with Crippen molar-refractivity contribution in [3.63, 3.8) is 0 Å². The van der Waals surface area contributed by atoms with E-state index in [1.807, 2.05) is 4.90 Å². The van der Waals surface area contributed by atoms with Gasteiger partial charge in [-0.15, -0.1) is 11.6 Å². The van der Waals surface area contributed by atoms with E-state index in [9.17, 15) is 4.79 Å². The lowest BCUT2D eigenvalue weighted by Gasteiger charge is -2.38. The first kappa shape index (κ1) is 9.95. The molecule has 1 heterocycles. The predicted molar refractivity (Wildman–Crippen MR) is 59.7 cm³/mol. The van der Waals surface area contributed by atoms with Crippen molar-refractivity contribution in [1.29, 1.82) is 0 Å². The van der Waals surface area contributed by atoms with Crippen LogP contribution in [-0.2, 0) is 4.79 Å². The summed E-state index contributed by atoms with van der Waals surface area (Å²) in [6.45, 7) is 1.83. The lowest BCUT2D eigenvalue weighted by atomic mass is 10.0. The molecule has 3 aliphatic rings. The molecule has 84 valence electrons. The Morgan fingerprint density at radius 1 is 1.20 bits per heavy atom. The van der Waals surface area contributed by atoms with Gasteiger partial charge in [-0.2, -0.15) is 0 Å². The van der Waals surface area contributed by atoms with Crippen LogP contribution in [0.25, 0.3) is 0 Å². The highest BCUT2D eigenvalue weighted by Gasteiger charge is 2.56. The van der Waals surface area contributed by atoms with E-state index >= 15 is 0 Å². The van der Waals surface area contributed by atoms with Gasteiger partial charge in [0.25, 0.3) is 0 Å². The predicted octanol–water partition coefficient (Wildman–Crippen LogP) is 2.12. The molecule has 3 heteroatoms. The molecule has 0 aromatic rings. The number of hydrogen-bond donors (Lipinski definition) is 0. The molecule has 0 bridgehead atoms. The van der Waals surface area contributed by atoms with Crippen LogP contribution in [0.15, 0.2) is 0 Å². The number of nitrogens with zero attached hydrogens (tertiary/aromatic N) is 1. The highest BCUT2D eigenvalue weighted by molar-refractivity contribution is 6.18. The fraction of sp³-hybridized carbons (Fsp3) is 0.917. The summed E-state index contributed by atoms with van der Waals surface area (Å²) in [4.78, 5) is 14.1. The Morgan fingerprint density at radius 3 is 2.33 bits per heavy atom. The second kappa shape index (κ2) is 3.65. The van der Waals surface area contributed by atoms with Crippen LogP contribution in [0.5, 0.6) is 0 Å². The van der Waals surface area contributed by atoms with Crippen LogP contribution >= 0.6 is 11.6 Å². The highest BCUT2D eigenvalue weighted by Crippen LogP contribution is 2.56. The van der Waals surface area contributed by atoms with Crippen molar-refractivity contribution in [3.8, 4) is 0 Å². The third kappa shape index (κ3) is 1.57. The molecule has 1 saturated heterocycles. The van der Waals surface area contributed by atoms with Crippen LogP contribution in [-0.4, -0.2) is 29.8 Å². The Labute approximate surface area is 96.0 Å². The lowest BCUT2D eigenvalue weighted by Crippen LogP contribution is -2.51. The molecule has 2 unspecified atom stereocenters. The van der Waals surface area contributed by atoms with Gasteiger partial charge in [-0.25, -0.2) is 0 Å². The molecule has 1 amide bonds. The number of rotatable bonds is 2. The number of amides is 1. The van der Waals surface area contributed by atoms with Crippen LogP contribution in [0.4, 0.5) is 0 Å². The third-order valence-electron chi connectivity index (χ3n) is 4.43. The zero-order valence-corrected chi connectivity index (χ0v) is 9.75. The number of carbonyl (C=O) groups is 1. The minimum atomic E-state index is 0.406. The van der Waals surface area contributed by atoms with Crippen LogP contribution in [0.1, 0.15) is 25.7 Å². The zero-order chi connectivity index (χ0) is 10.4. The van der Waals surface area contributed by atoms with Crippen molar-refractivity contribution in [2.24, 2.45) is 23.7 Å². The summed E-state index contributed by atoms with van der Waals surface area (Å²) >= 11 is 5.75. The fourth-order valence-electron chi connectivity index (χ4n) is 3.42. The molecule has 0 N–H and O–H groups in total. The van der Waals surface area contributed by atoms with Crippen LogP contribution in [0.2, 0.25) is 0 Å². The maximum absolute atomic E-state index is 12.1. The molecular weight excluding hydrogens is 210 g/mol. The summed E-state index contributed by atoms with van der Waals surface area (Å²) in [6, 6.07) is 0. The number of carbonyl (C=O) groups excluding carboxylic acids is 1. The van der Waals surface area contributed by atoms with Crippen molar-refractivity contribution in [3.05, 3.63) is 0 Å². The minimum Gasteiger partial charge on any atom is -0.342 e. The van der Waals surface area contributed by atoms with E-state index < -0.39 is 0 Å². The Morgan fingerprint density at radius 2 is 1.80 bits per heavy atom. The van der Waals surface area contributed by atoms with Crippen molar-refractivity contribution in [1.82, 2.24) is 4.90 Å². The van der Waals surface area contributed by atoms with Crippen LogP contribution < -0.4 is 0 Å². The van der Waals surface area contributed by atoms with Gasteiger partial charge in [-0.05, 0) is 24.7 Å². The van der Waals surface area contributed by atoms with Gasteiger partial charge < -0.3 is 4.90 Å². The van der Waals surface area contributed by atoms with E-state index in [1.54, 1.807) is 0 Å². The first-order valence-electron chi connectivity index (χ1n) is 6.16. The standard InChI is InChI=1S/C12H18ClNO/c13-5-8-6-14(7-8)12(15)11-9-3-1-2-4-10(9)11/h8-11H,1-7H2. The highest BCUT2D eigenvalue weighted by atomic mass is 35.5. The maximum atomic E-state index is 12.1. The van der Waals surface area contributed by atoms with Gasteiger partial charge in [-0.1, -0.05) is 12.8 Å². The number of fused-ring (bicyclic) bond motifs is 1. The quantitative estimate of drug-likeness (QED) is 0.662. The number of alkyl halides is 1. The SMILES string of the molecule is O=C(C1C2CCCCC21)N1CC(CCl)C1. The van der Waals surface area contributed by atoms with Gasteiger partial charge in [0.05, 0.1) is 0 Å². The number of likely N-dealkylation sites (tertiary alicyclic amines) is 1. The van der Waals surface area contributed by atoms with Gasteiger partial charge in [0, 0.05) is 30.8 Å². The normalized spacial score (nSPS) is 39.5. The van der Waals surface area contributed by atoms with E-state index in [1.165, 1.54) is 25.7 Å². The molecule has 0 aromatic heterocycles. The van der Waals surface area contributed by atoms with Crippen molar-refractivity contribution in [2.45, 2.75) is 25.7 Å². The Hall–Kier alpha value is -0.240. The fourth-order valence-corrected chi connectivity index (χ4v) is 3.61. The van der Waals surface area contributed by atoms with E-state index in [2.05, 4.69) is 0 Å². The molecule has 2 aliphatic carbocycles. The van der Waals surface area contributed by atoms with Gasteiger partial charge >= 0.3 is 0 Å². The molecule has 3 fully saturated rings. The molecule has 15 heavy (non-hydrogen) atoms. The second-order valence-electron chi connectivity index (χ2n) is 5.40. The monoisotopic (exact) mass is 227 g/mol. The van der Waals surface area contributed by atoms with Crippen molar-refractivity contribution in [2.75, 3.05) is 19.0 Å². The summed E-state index contributed by atoms with van der Waals surface area (Å²) < 4.78 is 0. The molecule has 3 rings (SSSR count). The van der Waals surface area contributed by atoms with Crippen LogP contribution in [0, 0.1) is 23.7 Å². The number of hydrogen-bond acceptors (Lipinski definition) is 1. The van der Waals surface area contributed by atoms with Crippen molar-refractivity contribution < 1.29 is 4.79 Å². The van der Waals surface area contributed by atoms with Gasteiger partial charge in [0.2, 0.25) is 5.91 Å². The maximum Gasteiger partial charge on any atom is 0.226 e. The van der Waals surface area contributed by atoms with E-state index in [0.717, 1.165) is 24.9 Å². The second-order valence-corrected chi connectivity index (χ2v) is 5.71. The Bertz CT molecular complexity index is 263. The summed E-state index contributed by atoms with van der Waals surface area (Å²) in [7, 11) is 0. The van der Waals surface area contributed by atoms with E-state index in [-0.39, 0.29) is 0 Å². The molecular formula is C12H18ClNO. The molecule has 0 aromatic carbocycles. The molecule has 2 nitrogen and oxygen atoms in total. The first-order valence-corrected chi connectivity index (χ1v) is 6.69. The summed E-state index contributed by atoms with van der Waals surface area (Å²) in [5.41, 5.74) is 0. The Kier molecular flexibility index (Phi) is 2.42. The largest absolute Gasteiger partial charge is 0.342 e. The molecule has 1 aliphatic heterocycles. The first-order chi connectivity index (χ1) is 7.31. The van der Waals surface area contributed by atoms with E-state index in [4.69, 9.17) is 11.6 Å². The average molecular weight is 228 g/mol. The van der Waals surface area contributed by atoms with Gasteiger partial charge in [0.15, 0.2) is 0 Å². The molecule has 0 spiro atoms. The smallest absolute Gasteiger partial charge is 0.226 e. The number of halogens is 1. The van der Waals surface area contributed by atoms with Gasteiger partial charge in [-0.3, -0.25) is 4.79 Å². The van der Waals surface area contributed by atoms with Crippen molar-refractivity contribution >= 4 is 17.5 Å². The summed E-state index contributed by atoms with van der Waals surface area (Å²) in [5, 5.41) is 0. The van der Waals surface area contributed by atoms with Crippen LogP contribution in [0.3, 0.4) is 0 Å². The molecule has 0 radical (unpaired) electrons. The molecule has 2 saturated carbocycles. The lowest BCUT2D eigenvalue weighted by molar-refractivity contribution is -0.139. The zero-order valence-electron chi connectivity index (χ0n) is 8.99. The van der Waals surface area contributed by atoms with E-state index in [0.29, 0.717) is 23.6 Å². The molecule has 2 atom stereocenters. The summed E-state index contributed by atoms with van der Waals surface area (Å²) in [6.07, 6.45) is 5.28. The topological polar surface area (TPSA) is 20.3 Å². The van der Waals surface area contributed by atoms with Gasteiger partial charge in [0.1, 0.15) is 0 Å².